The van der Waals surface area contributed by atoms with Crippen molar-refractivity contribution in [3.63, 3.8) is 0 Å². The fraction of sp³-hybridized carbons (Fsp3) is 0.300. The van der Waals surface area contributed by atoms with Crippen molar-refractivity contribution in [2.45, 2.75) is 0 Å². The lowest BCUT2D eigenvalue weighted by molar-refractivity contribution is -0.119. The first-order chi connectivity index (χ1) is 13.0. The summed E-state index contributed by atoms with van der Waals surface area (Å²) in [7, 11) is 1.61. The molecule has 27 heavy (non-hydrogen) atoms. The third-order valence-electron chi connectivity index (χ3n) is 4.17. The molecule has 0 aromatic heterocycles. The fourth-order valence-electron chi connectivity index (χ4n) is 2.71. The average molecular weight is 435 g/mol. The number of halogens is 1. The first-order valence-corrected chi connectivity index (χ1v) is 9.37. The quantitative estimate of drug-likeness (QED) is 0.589. The molecule has 0 spiro atoms. The number of aliphatic hydroxyl groups is 2. The molecule has 0 bridgehead atoms. The normalized spacial score (nSPS) is 10.9. The van der Waals surface area contributed by atoms with E-state index in [2.05, 4.69) is 15.9 Å². The number of hydrogen-bond acceptors (Lipinski definition) is 5. The molecule has 0 fully saturated rings. The van der Waals surface area contributed by atoms with E-state index in [9.17, 15) is 9.59 Å². The van der Waals surface area contributed by atoms with Gasteiger partial charge in [-0.2, -0.15) is 0 Å². The van der Waals surface area contributed by atoms with E-state index in [1.54, 1.807) is 54.4 Å². The Labute approximate surface area is 167 Å². The van der Waals surface area contributed by atoms with Crippen LogP contribution in [0.1, 0.15) is 15.9 Å². The summed E-state index contributed by atoms with van der Waals surface area (Å²) in [6.45, 7) is 0.402. The van der Waals surface area contributed by atoms with Crippen LogP contribution in [0.3, 0.4) is 0 Å². The lowest BCUT2D eigenvalue weighted by Crippen LogP contribution is -2.41. The summed E-state index contributed by atoms with van der Waals surface area (Å²) in [6, 6.07) is 14.1. The first kappa shape index (κ1) is 21.2. The molecule has 1 amide bonds. The predicted octanol–water partition coefficient (Wildman–Crippen LogP) is 1.93. The average Bonchev–Trinajstić information content (AvgIpc) is 2.68. The van der Waals surface area contributed by atoms with E-state index in [0.29, 0.717) is 16.8 Å². The van der Waals surface area contributed by atoms with Gasteiger partial charge in [0.1, 0.15) is 0 Å². The Hall–Kier alpha value is -2.06. The minimum absolute atomic E-state index is 0.0344. The summed E-state index contributed by atoms with van der Waals surface area (Å²) in [5.41, 5.74) is 1.46. The van der Waals surface area contributed by atoms with Crippen molar-refractivity contribution in [3.05, 3.63) is 64.1 Å². The standard InChI is InChI=1S/C20H23BrN2O4/c1-22(19(26)14-23(9-11-24)10-12-25)18-8-7-16(21)13-17(18)20(27)15-5-3-2-4-6-15/h2-8,13,24-25H,9-12,14H2,1H3. The van der Waals surface area contributed by atoms with Gasteiger partial charge >= 0.3 is 0 Å². The molecule has 0 saturated heterocycles. The first-order valence-electron chi connectivity index (χ1n) is 8.58. The maximum atomic E-state index is 12.9. The van der Waals surface area contributed by atoms with Crippen LogP contribution in [0.15, 0.2) is 53.0 Å². The van der Waals surface area contributed by atoms with Gasteiger partial charge in [-0.3, -0.25) is 14.5 Å². The molecule has 6 nitrogen and oxygen atoms in total. The van der Waals surface area contributed by atoms with Gasteiger partial charge in [-0.25, -0.2) is 0 Å². The highest BCUT2D eigenvalue weighted by Crippen LogP contribution is 2.26. The van der Waals surface area contributed by atoms with Crippen LogP contribution >= 0.6 is 15.9 Å². The van der Waals surface area contributed by atoms with Gasteiger partial charge in [-0.05, 0) is 18.2 Å². The summed E-state index contributed by atoms with van der Waals surface area (Å²) in [6.07, 6.45) is 0. The molecule has 2 aromatic rings. The largest absolute Gasteiger partial charge is 0.395 e. The molecular formula is C20H23BrN2O4. The van der Waals surface area contributed by atoms with E-state index < -0.39 is 0 Å². The van der Waals surface area contributed by atoms with Crippen molar-refractivity contribution in [3.8, 4) is 0 Å². The lowest BCUT2D eigenvalue weighted by atomic mass is 10.0. The van der Waals surface area contributed by atoms with E-state index in [0.717, 1.165) is 4.47 Å². The Kier molecular flexibility index (Phi) is 8.12. The molecule has 7 heteroatoms. The molecule has 2 rings (SSSR count). The van der Waals surface area contributed by atoms with Gasteiger partial charge in [0, 0.05) is 35.7 Å². The van der Waals surface area contributed by atoms with Gasteiger partial charge in [0.25, 0.3) is 0 Å². The fourth-order valence-corrected chi connectivity index (χ4v) is 3.07. The van der Waals surface area contributed by atoms with Gasteiger partial charge in [0.05, 0.1) is 25.4 Å². The molecule has 0 aliphatic heterocycles. The van der Waals surface area contributed by atoms with Crippen LogP contribution in [0.5, 0.6) is 0 Å². The SMILES string of the molecule is CN(C(=O)CN(CCO)CCO)c1ccc(Br)cc1C(=O)c1ccccc1. The molecule has 0 unspecified atom stereocenters. The Morgan fingerprint density at radius 3 is 2.22 bits per heavy atom. The number of benzene rings is 2. The van der Waals surface area contributed by atoms with E-state index in [1.807, 2.05) is 6.07 Å². The van der Waals surface area contributed by atoms with Crippen molar-refractivity contribution >= 4 is 33.3 Å². The predicted molar refractivity (Wildman–Crippen MR) is 108 cm³/mol. The van der Waals surface area contributed by atoms with Crippen LogP contribution < -0.4 is 4.90 Å². The molecular weight excluding hydrogens is 412 g/mol. The van der Waals surface area contributed by atoms with Gasteiger partial charge in [0.2, 0.25) is 5.91 Å². The molecule has 2 N–H and O–H groups in total. The summed E-state index contributed by atoms with van der Waals surface area (Å²) in [4.78, 5) is 28.7. The topological polar surface area (TPSA) is 81.1 Å². The maximum absolute atomic E-state index is 12.9. The lowest BCUT2D eigenvalue weighted by Gasteiger charge is -2.25. The maximum Gasteiger partial charge on any atom is 0.240 e. The molecule has 0 aliphatic carbocycles. The van der Waals surface area contributed by atoms with Gasteiger partial charge in [-0.15, -0.1) is 0 Å². The third kappa shape index (κ3) is 5.71. The highest BCUT2D eigenvalue weighted by atomic mass is 79.9. The molecule has 144 valence electrons. The van der Waals surface area contributed by atoms with Crippen molar-refractivity contribution in [1.82, 2.24) is 4.90 Å². The molecule has 0 heterocycles. The van der Waals surface area contributed by atoms with Crippen LogP contribution in [0.25, 0.3) is 0 Å². The minimum atomic E-state index is -0.235. The highest BCUT2D eigenvalue weighted by molar-refractivity contribution is 9.10. The second-order valence-corrected chi connectivity index (χ2v) is 6.95. The number of likely N-dealkylation sites (N-methyl/N-ethyl adjacent to an activating group) is 1. The Morgan fingerprint density at radius 1 is 1.00 bits per heavy atom. The molecule has 0 radical (unpaired) electrons. The molecule has 0 atom stereocenters. The monoisotopic (exact) mass is 434 g/mol. The number of amides is 1. The number of anilines is 1. The van der Waals surface area contributed by atoms with Crippen molar-refractivity contribution in [1.29, 1.82) is 0 Å². The van der Waals surface area contributed by atoms with E-state index in [4.69, 9.17) is 10.2 Å². The number of rotatable bonds is 9. The Bertz CT molecular complexity index is 777. The van der Waals surface area contributed by atoms with Crippen molar-refractivity contribution in [2.75, 3.05) is 44.8 Å². The second-order valence-electron chi connectivity index (χ2n) is 6.03. The van der Waals surface area contributed by atoms with Gasteiger partial charge in [-0.1, -0.05) is 46.3 Å². The van der Waals surface area contributed by atoms with E-state index in [-0.39, 0.29) is 44.5 Å². The highest BCUT2D eigenvalue weighted by Gasteiger charge is 2.21. The van der Waals surface area contributed by atoms with E-state index in [1.165, 1.54) is 4.90 Å². The number of ketones is 1. The zero-order chi connectivity index (χ0) is 19.8. The zero-order valence-corrected chi connectivity index (χ0v) is 16.7. The van der Waals surface area contributed by atoms with Gasteiger partial charge < -0.3 is 15.1 Å². The number of carbonyl (C=O) groups excluding carboxylic acids is 2. The molecule has 0 aliphatic rings. The zero-order valence-electron chi connectivity index (χ0n) is 15.1. The van der Waals surface area contributed by atoms with Crippen LogP contribution in [0.2, 0.25) is 0 Å². The van der Waals surface area contributed by atoms with Gasteiger partial charge in [0.15, 0.2) is 5.78 Å². The molecule has 2 aromatic carbocycles. The van der Waals surface area contributed by atoms with Crippen molar-refractivity contribution in [2.24, 2.45) is 0 Å². The molecule has 0 saturated carbocycles. The van der Waals surface area contributed by atoms with E-state index >= 15 is 0 Å². The van der Waals surface area contributed by atoms with Crippen LogP contribution in [-0.2, 0) is 4.79 Å². The Balaban J connectivity index is 2.29. The summed E-state index contributed by atoms with van der Waals surface area (Å²) < 4.78 is 0.744. The summed E-state index contributed by atoms with van der Waals surface area (Å²) in [5.74, 6) is -0.407. The Morgan fingerprint density at radius 2 is 1.63 bits per heavy atom. The minimum Gasteiger partial charge on any atom is -0.395 e. The number of hydrogen-bond donors (Lipinski definition) is 2. The number of carbonyl (C=O) groups is 2. The van der Waals surface area contributed by atoms with Crippen LogP contribution in [-0.4, -0.2) is 66.7 Å². The number of aliphatic hydroxyl groups excluding tert-OH is 2. The smallest absolute Gasteiger partial charge is 0.240 e. The third-order valence-corrected chi connectivity index (χ3v) is 4.66. The summed E-state index contributed by atoms with van der Waals surface area (Å²) in [5, 5.41) is 18.2. The van der Waals surface area contributed by atoms with Crippen molar-refractivity contribution < 1.29 is 19.8 Å². The second kappa shape index (κ2) is 10.3. The summed E-state index contributed by atoms with van der Waals surface area (Å²) >= 11 is 3.39. The van der Waals surface area contributed by atoms with Crippen LogP contribution in [0, 0.1) is 0 Å². The number of nitrogens with zero attached hydrogens (tertiary/aromatic N) is 2. The van der Waals surface area contributed by atoms with Crippen LogP contribution in [0.4, 0.5) is 5.69 Å².